The number of urea groups is 1. The molecule has 3 amide bonds. The van der Waals surface area contributed by atoms with E-state index < -0.39 is 6.03 Å². The van der Waals surface area contributed by atoms with Gasteiger partial charge in [0.15, 0.2) is 0 Å². The normalized spacial score (nSPS) is 10.5. The lowest BCUT2D eigenvalue weighted by atomic mass is 10.1. The average molecular weight is 291 g/mol. The van der Waals surface area contributed by atoms with E-state index in [0.717, 1.165) is 6.42 Å². The Kier molecular flexibility index (Phi) is 6.88. The predicted molar refractivity (Wildman–Crippen MR) is 84.1 cm³/mol. The summed E-state index contributed by atoms with van der Waals surface area (Å²) in [6, 6.07) is 5.84. The van der Waals surface area contributed by atoms with Crippen LogP contribution in [0.15, 0.2) is 18.2 Å². The van der Waals surface area contributed by atoms with Gasteiger partial charge in [-0.1, -0.05) is 30.7 Å². The lowest BCUT2D eigenvalue weighted by molar-refractivity contribution is -0.120. The average Bonchev–Trinajstić information content (AvgIpc) is 2.39. The van der Waals surface area contributed by atoms with Crippen LogP contribution in [0.25, 0.3) is 0 Å². The van der Waals surface area contributed by atoms with E-state index in [1.54, 1.807) is 0 Å². The Labute approximate surface area is 126 Å². The summed E-state index contributed by atoms with van der Waals surface area (Å²) in [4.78, 5) is 25.0. The molecule has 0 spiro atoms. The Morgan fingerprint density at radius 2 is 1.95 bits per heavy atom. The minimum absolute atomic E-state index is 0.187. The highest BCUT2D eigenvalue weighted by Gasteiger charge is 2.11. The molecule has 0 fully saturated rings. The quantitative estimate of drug-likeness (QED) is 0.842. The fourth-order valence-electron chi connectivity index (χ4n) is 2.06. The molecule has 21 heavy (non-hydrogen) atoms. The molecule has 1 rings (SSSR count). The van der Waals surface area contributed by atoms with E-state index in [0.29, 0.717) is 13.1 Å². The first-order valence-electron chi connectivity index (χ1n) is 7.24. The van der Waals surface area contributed by atoms with Crippen molar-refractivity contribution in [1.82, 2.24) is 15.5 Å². The molecule has 1 aromatic rings. The number of likely N-dealkylation sites (N-methyl/N-ethyl adjacent to an activating group) is 1. The van der Waals surface area contributed by atoms with E-state index in [1.807, 2.05) is 18.9 Å². The molecule has 0 aliphatic heterocycles. The molecule has 0 bridgehead atoms. The van der Waals surface area contributed by atoms with Crippen molar-refractivity contribution in [1.29, 1.82) is 0 Å². The third kappa shape index (κ3) is 6.40. The molecule has 116 valence electrons. The first kappa shape index (κ1) is 17.2. The zero-order valence-corrected chi connectivity index (χ0v) is 13.3. The zero-order valence-electron chi connectivity index (χ0n) is 13.3. The van der Waals surface area contributed by atoms with E-state index in [4.69, 9.17) is 0 Å². The van der Waals surface area contributed by atoms with Crippen LogP contribution in [0.3, 0.4) is 0 Å². The van der Waals surface area contributed by atoms with Gasteiger partial charge in [0.05, 0.1) is 6.54 Å². The molecule has 2 N–H and O–H groups in total. The van der Waals surface area contributed by atoms with Gasteiger partial charge in [0.25, 0.3) is 0 Å². The van der Waals surface area contributed by atoms with Crippen molar-refractivity contribution in [2.24, 2.45) is 0 Å². The molecule has 0 unspecified atom stereocenters. The second-order valence-electron chi connectivity index (χ2n) is 5.41. The molecule has 0 aromatic heterocycles. The molecule has 1 aromatic carbocycles. The molecule has 0 saturated heterocycles. The highest BCUT2D eigenvalue weighted by atomic mass is 16.2. The fraction of sp³-hybridized carbons (Fsp3) is 0.500. The SMILES string of the molecule is CCCNC(=O)NC(=O)CN(C)Cc1ccc(C)cc1C. The highest BCUT2D eigenvalue weighted by Crippen LogP contribution is 2.12. The lowest BCUT2D eigenvalue weighted by Crippen LogP contribution is -2.43. The van der Waals surface area contributed by atoms with Gasteiger partial charge in [-0.3, -0.25) is 15.0 Å². The van der Waals surface area contributed by atoms with Crippen molar-refractivity contribution in [3.63, 3.8) is 0 Å². The predicted octanol–water partition coefficient (Wildman–Crippen LogP) is 1.97. The molecule has 0 radical (unpaired) electrons. The second kappa shape index (κ2) is 8.42. The van der Waals surface area contributed by atoms with Crippen LogP contribution in [0, 0.1) is 13.8 Å². The first-order valence-corrected chi connectivity index (χ1v) is 7.24. The molecule has 0 aliphatic rings. The van der Waals surface area contributed by atoms with Crippen LogP contribution in [0.5, 0.6) is 0 Å². The van der Waals surface area contributed by atoms with Gasteiger partial charge in [0.2, 0.25) is 5.91 Å². The van der Waals surface area contributed by atoms with Gasteiger partial charge in [-0.25, -0.2) is 4.79 Å². The highest BCUT2D eigenvalue weighted by molar-refractivity contribution is 5.95. The zero-order chi connectivity index (χ0) is 15.8. The van der Waals surface area contributed by atoms with Gasteiger partial charge in [-0.15, -0.1) is 0 Å². The van der Waals surface area contributed by atoms with E-state index >= 15 is 0 Å². The number of aryl methyl sites for hydroxylation is 2. The molecular formula is C16H25N3O2. The standard InChI is InChI=1S/C16H25N3O2/c1-5-8-17-16(21)18-15(20)11-19(4)10-14-7-6-12(2)9-13(14)3/h6-7,9H,5,8,10-11H2,1-4H3,(H2,17,18,20,21). The van der Waals surface area contributed by atoms with Crippen molar-refractivity contribution in [3.05, 3.63) is 34.9 Å². The topological polar surface area (TPSA) is 61.4 Å². The van der Waals surface area contributed by atoms with Crippen LogP contribution >= 0.6 is 0 Å². The third-order valence-corrected chi connectivity index (χ3v) is 3.14. The van der Waals surface area contributed by atoms with Crippen LogP contribution in [-0.4, -0.2) is 37.0 Å². The van der Waals surface area contributed by atoms with Crippen LogP contribution in [-0.2, 0) is 11.3 Å². The number of carbonyl (C=O) groups excluding carboxylic acids is 2. The summed E-state index contributed by atoms with van der Waals surface area (Å²) >= 11 is 0. The van der Waals surface area contributed by atoms with E-state index in [2.05, 4.69) is 42.7 Å². The maximum atomic E-state index is 11.7. The molecule has 5 nitrogen and oxygen atoms in total. The molecule has 0 saturated carbocycles. The van der Waals surface area contributed by atoms with Gasteiger partial charge < -0.3 is 5.32 Å². The minimum Gasteiger partial charge on any atom is -0.338 e. The van der Waals surface area contributed by atoms with Gasteiger partial charge in [0.1, 0.15) is 0 Å². The smallest absolute Gasteiger partial charge is 0.321 e. The maximum absolute atomic E-state index is 11.7. The van der Waals surface area contributed by atoms with Crippen molar-refractivity contribution in [3.8, 4) is 0 Å². The van der Waals surface area contributed by atoms with Crippen molar-refractivity contribution < 1.29 is 9.59 Å². The number of hydrogen-bond donors (Lipinski definition) is 2. The molecule has 0 atom stereocenters. The van der Waals surface area contributed by atoms with E-state index in [1.165, 1.54) is 16.7 Å². The Balaban J connectivity index is 2.44. The number of nitrogens with zero attached hydrogens (tertiary/aromatic N) is 1. The summed E-state index contributed by atoms with van der Waals surface area (Å²) in [6.07, 6.45) is 0.841. The van der Waals surface area contributed by atoms with Crippen LogP contribution in [0.2, 0.25) is 0 Å². The summed E-state index contributed by atoms with van der Waals surface area (Å²) in [5, 5.41) is 4.94. The number of benzene rings is 1. The van der Waals surface area contributed by atoms with Gasteiger partial charge in [-0.05, 0) is 38.4 Å². The number of hydrogen-bond acceptors (Lipinski definition) is 3. The third-order valence-electron chi connectivity index (χ3n) is 3.14. The lowest BCUT2D eigenvalue weighted by Gasteiger charge is -2.17. The van der Waals surface area contributed by atoms with Crippen LogP contribution in [0.4, 0.5) is 4.79 Å². The molecule has 5 heteroatoms. The number of rotatable bonds is 6. The summed E-state index contributed by atoms with van der Waals surface area (Å²) in [5.74, 6) is -0.295. The Bertz CT molecular complexity index is 500. The van der Waals surface area contributed by atoms with E-state index in [-0.39, 0.29) is 12.5 Å². The fourth-order valence-corrected chi connectivity index (χ4v) is 2.06. The van der Waals surface area contributed by atoms with Gasteiger partial charge in [-0.2, -0.15) is 0 Å². The molecule has 0 aliphatic carbocycles. The number of amides is 3. The summed E-state index contributed by atoms with van der Waals surface area (Å²) < 4.78 is 0. The van der Waals surface area contributed by atoms with Crippen LogP contribution in [0.1, 0.15) is 30.0 Å². The summed E-state index contributed by atoms with van der Waals surface area (Å²) in [5.41, 5.74) is 3.62. The Morgan fingerprint density at radius 1 is 1.24 bits per heavy atom. The van der Waals surface area contributed by atoms with Gasteiger partial charge in [0, 0.05) is 13.1 Å². The summed E-state index contributed by atoms with van der Waals surface area (Å²) in [7, 11) is 1.86. The van der Waals surface area contributed by atoms with E-state index in [9.17, 15) is 9.59 Å². The van der Waals surface area contributed by atoms with Crippen molar-refractivity contribution in [2.45, 2.75) is 33.7 Å². The van der Waals surface area contributed by atoms with Crippen LogP contribution < -0.4 is 10.6 Å². The largest absolute Gasteiger partial charge is 0.338 e. The monoisotopic (exact) mass is 291 g/mol. The molecule has 0 heterocycles. The first-order chi connectivity index (χ1) is 9.92. The Hall–Kier alpha value is -1.88. The number of nitrogens with one attached hydrogen (secondary N) is 2. The second-order valence-corrected chi connectivity index (χ2v) is 5.41. The number of carbonyl (C=O) groups is 2. The Morgan fingerprint density at radius 3 is 2.57 bits per heavy atom. The van der Waals surface area contributed by atoms with Gasteiger partial charge >= 0.3 is 6.03 Å². The van der Waals surface area contributed by atoms with Crippen molar-refractivity contribution in [2.75, 3.05) is 20.1 Å². The number of imide groups is 1. The minimum atomic E-state index is -0.429. The molecular weight excluding hydrogens is 266 g/mol. The summed E-state index contributed by atoms with van der Waals surface area (Å²) in [6.45, 7) is 7.51. The maximum Gasteiger partial charge on any atom is 0.321 e. The van der Waals surface area contributed by atoms with Crippen molar-refractivity contribution >= 4 is 11.9 Å².